The molecule has 0 spiro atoms. The van der Waals surface area contributed by atoms with Gasteiger partial charge in [-0.2, -0.15) is 0 Å². The summed E-state index contributed by atoms with van der Waals surface area (Å²) in [6.07, 6.45) is 3.98. The Hall–Kier alpha value is -2.87. The first-order chi connectivity index (χ1) is 16.2. The highest BCUT2D eigenvalue weighted by molar-refractivity contribution is 14.1. The molecule has 0 aliphatic heterocycles. The molecule has 170 valence electrons. The van der Waals surface area contributed by atoms with E-state index in [1.165, 1.54) is 3.57 Å². The smallest absolute Gasteiger partial charge is 0.261 e. The number of hydrogen-bond acceptors (Lipinski definition) is 4. The number of methoxy groups -OCH3 is 1. The first-order valence-corrected chi connectivity index (χ1v) is 12.3. The van der Waals surface area contributed by atoms with Gasteiger partial charge in [-0.25, -0.2) is 4.98 Å². The average molecular weight is 554 g/mol. The van der Waals surface area contributed by atoms with Crippen molar-refractivity contribution in [1.82, 2.24) is 9.55 Å². The fourth-order valence-electron chi connectivity index (χ4n) is 3.78. The highest BCUT2D eigenvalue weighted by atomic mass is 127. The van der Waals surface area contributed by atoms with Gasteiger partial charge in [0, 0.05) is 15.7 Å². The molecule has 0 saturated carbocycles. The summed E-state index contributed by atoms with van der Waals surface area (Å²) in [6.45, 7) is 1.34. The van der Waals surface area contributed by atoms with Crippen LogP contribution in [-0.2, 0) is 6.54 Å². The van der Waals surface area contributed by atoms with Crippen LogP contribution < -0.4 is 15.0 Å². The fourth-order valence-corrected chi connectivity index (χ4v) is 4.14. The van der Waals surface area contributed by atoms with Gasteiger partial charge in [-0.05, 0) is 96.1 Å². The van der Waals surface area contributed by atoms with E-state index in [0.717, 1.165) is 48.3 Å². The van der Waals surface area contributed by atoms with Crippen molar-refractivity contribution >= 4 is 33.5 Å². The number of ether oxygens (including phenoxy) is 2. The Bertz CT molecular complexity index is 1250. The second-order valence-corrected chi connectivity index (χ2v) is 9.10. The van der Waals surface area contributed by atoms with Gasteiger partial charge in [0.2, 0.25) is 0 Å². The minimum absolute atomic E-state index is 0.00783. The molecule has 0 radical (unpaired) electrons. The molecule has 4 aromatic rings. The minimum Gasteiger partial charge on any atom is -0.497 e. The third-order valence-electron chi connectivity index (χ3n) is 5.57. The first kappa shape index (κ1) is 23.3. The van der Waals surface area contributed by atoms with Crippen molar-refractivity contribution in [1.29, 1.82) is 0 Å². The lowest BCUT2D eigenvalue weighted by Gasteiger charge is -2.14. The second kappa shape index (κ2) is 11.3. The largest absolute Gasteiger partial charge is 0.497 e. The molecule has 0 N–H and O–H groups in total. The SMILES string of the molecule is COc1ccc(-c2nc3ccccc3c(=O)n2CCCCCCOc2ccc(I)cc2)cc1. The van der Waals surface area contributed by atoms with Crippen molar-refractivity contribution in [2.24, 2.45) is 0 Å². The van der Waals surface area contributed by atoms with Gasteiger partial charge in [0.25, 0.3) is 5.56 Å². The molecule has 33 heavy (non-hydrogen) atoms. The predicted octanol–water partition coefficient (Wildman–Crippen LogP) is 6.32. The molecule has 0 aliphatic carbocycles. The van der Waals surface area contributed by atoms with Crippen molar-refractivity contribution in [2.45, 2.75) is 32.2 Å². The predicted molar refractivity (Wildman–Crippen MR) is 141 cm³/mol. The van der Waals surface area contributed by atoms with Crippen LogP contribution in [0.4, 0.5) is 0 Å². The van der Waals surface area contributed by atoms with Crippen LogP contribution in [0.1, 0.15) is 25.7 Å². The number of hydrogen-bond donors (Lipinski definition) is 0. The zero-order chi connectivity index (χ0) is 23.0. The number of fused-ring (bicyclic) bond motifs is 1. The Morgan fingerprint density at radius 2 is 1.55 bits per heavy atom. The van der Waals surface area contributed by atoms with Crippen molar-refractivity contribution in [3.8, 4) is 22.9 Å². The molecular weight excluding hydrogens is 527 g/mol. The summed E-state index contributed by atoms with van der Waals surface area (Å²) >= 11 is 2.29. The van der Waals surface area contributed by atoms with Crippen molar-refractivity contribution in [3.63, 3.8) is 0 Å². The van der Waals surface area contributed by atoms with E-state index in [0.29, 0.717) is 24.4 Å². The van der Waals surface area contributed by atoms with Crippen LogP contribution in [0.3, 0.4) is 0 Å². The van der Waals surface area contributed by atoms with Gasteiger partial charge in [0.05, 0.1) is 24.6 Å². The number of halogens is 1. The Labute approximate surface area is 207 Å². The zero-order valence-corrected chi connectivity index (χ0v) is 20.8. The van der Waals surface area contributed by atoms with E-state index in [2.05, 4.69) is 22.6 Å². The molecule has 0 bridgehead atoms. The molecule has 0 amide bonds. The Kier molecular flexibility index (Phi) is 7.99. The van der Waals surface area contributed by atoms with Gasteiger partial charge in [-0.15, -0.1) is 0 Å². The first-order valence-electron chi connectivity index (χ1n) is 11.2. The van der Waals surface area contributed by atoms with Gasteiger partial charge < -0.3 is 9.47 Å². The maximum Gasteiger partial charge on any atom is 0.261 e. The summed E-state index contributed by atoms with van der Waals surface area (Å²) in [5.74, 6) is 2.39. The van der Waals surface area contributed by atoms with Crippen LogP contribution in [0.15, 0.2) is 77.6 Å². The van der Waals surface area contributed by atoms with Crippen molar-refractivity contribution in [2.75, 3.05) is 13.7 Å². The number of benzene rings is 3. The van der Waals surface area contributed by atoms with Crippen LogP contribution in [0.2, 0.25) is 0 Å². The second-order valence-electron chi connectivity index (χ2n) is 7.85. The van der Waals surface area contributed by atoms with E-state index in [-0.39, 0.29) is 5.56 Å². The Morgan fingerprint density at radius 1 is 0.848 bits per heavy atom. The van der Waals surface area contributed by atoms with Crippen LogP contribution in [0, 0.1) is 3.57 Å². The van der Waals surface area contributed by atoms with Crippen molar-refractivity contribution < 1.29 is 9.47 Å². The molecule has 5 nitrogen and oxygen atoms in total. The van der Waals surface area contributed by atoms with Gasteiger partial charge in [0.15, 0.2) is 0 Å². The summed E-state index contributed by atoms with van der Waals surface area (Å²) in [6, 6.07) is 23.3. The standard InChI is InChI=1S/C27H27IN2O3/c1-32-22-14-10-20(11-15-22)26-29-25-9-5-4-8-24(25)27(31)30(26)18-6-2-3-7-19-33-23-16-12-21(28)13-17-23/h4-5,8-17H,2-3,6-7,18-19H2,1H3. The number of para-hydroxylation sites is 1. The van der Waals surface area contributed by atoms with E-state index < -0.39 is 0 Å². The van der Waals surface area contributed by atoms with E-state index in [1.807, 2.05) is 77.4 Å². The third-order valence-corrected chi connectivity index (χ3v) is 6.29. The molecule has 0 saturated heterocycles. The van der Waals surface area contributed by atoms with Gasteiger partial charge in [-0.1, -0.05) is 25.0 Å². The van der Waals surface area contributed by atoms with Crippen LogP contribution in [-0.4, -0.2) is 23.3 Å². The molecule has 0 fully saturated rings. The lowest BCUT2D eigenvalue weighted by Crippen LogP contribution is -2.23. The maximum absolute atomic E-state index is 13.3. The van der Waals surface area contributed by atoms with Crippen molar-refractivity contribution in [3.05, 3.63) is 86.7 Å². The Balaban J connectivity index is 1.41. The summed E-state index contributed by atoms with van der Waals surface area (Å²) < 4.78 is 14.1. The normalized spacial score (nSPS) is 11.0. The van der Waals surface area contributed by atoms with Gasteiger partial charge in [0.1, 0.15) is 17.3 Å². The van der Waals surface area contributed by atoms with Gasteiger partial charge in [-0.3, -0.25) is 9.36 Å². The molecule has 0 atom stereocenters. The lowest BCUT2D eigenvalue weighted by atomic mass is 10.1. The summed E-state index contributed by atoms with van der Waals surface area (Å²) in [5.41, 5.74) is 1.63. The quantitative estimate of drug-likeness (QED) is 0.170. The van der Waals surface area contributed by atoms with Crippen LogP contribution in [0.5, 0.6) is 11.5 Å². The number of rotatable bonds is 10. The minimum atomic E-state index is 0.00783. The molecule has 1 heterocycles. The third kappa shape index (κ3) is 5.93. The highest BCUT2D eigenvalue weighted by Gasteiger charge is 2.12. The summed E-state index contributed by atoms with van der Waals surface area (Å²) in [4.78, 5) is 18.1. The number of unbranched alkanes of at least 4 members (excludes halogenated alkanes) is 3. The van der Waals surface area contributed by atoms with E-state index in [4.69, 9.17) is 14.5 Å². The monoisotopic (exact) mass is 554 g/mol. The average Bonchev–Trinajstić information content (AvgIpc) is 2.85. The Morgan fingerprint density at radius 3 is 2.30 bits per heavy atom. The summed E-state index contributed by atoms with van der Waals surface area (Å²) in [7, 11) is 1.64. The van der Waals surface area contributed by atoms with E-state index >= 15 is 0 Å². The van der Waals surface area contributed by atoms with Crippen LogP contribution >= 0.6 is 22.6 Å². The zero-order valence-electron chi connectivity index (χ0n) is 18.7. The number of aromatic nitrogens is 2. The molecular formula is C27H27IN2O3. The fraction of sp³-hybridized carbons (Fsp3) is 0.259. The van der Waals surface area contributed by atoms with Crippen LogP contribution in [0.25, 0.3) is 22.3 Å². The molecule has 4 rings (SSSR count). The molecule has 1 aromatic heterocycles. The van der Waals surface area contributed by atoms with Gasteiger partial charge >= 0.3 is 0 Å². The van der Waals surface area contributed by atoms with E-state index in [9.17, 15) is 4.79 Å². The molecule has 0 aliphatic rings. The topological polar surface area (TPSA) is 53.3 Å². The molecule has 3 aromatic carbocycles. The highest BCUT2D eigenvalue weighted by Crippen LogP contribution is 2.22. The number of nitrogens with zero attached hydrogens (tertiary/aromatic N) is 2. The summed E-state index contributed by atoms with van der Waals surface area (Å²) in [5, 5.41) is 0.653. The lowest BCUT2D eigenvalue weighted by molar-refractivity contribution is 0.304. The maximum atomic E-state index is 13.3. The molecule has 6 heteroatoms. The molecule has 0 unspecified atom stereocenters. The van der Waals surface area contributed by atoms with E-state index in [1.54, 1.807) is 7.11 Å².